The Morgan fingerprint density at radius 1 is 1.12 bits per heavy atom. The maximum atomic E-state index is 12.2. The van der Waals surface area contributed by atoms with Crippen molar-refractivity contribution in [1.29, 1.82) is 0 Å². The van der Waals surface area contributed by atoms with Gasteiger partial charge in [-0.3, -0.25) is 9.59 Å². The fourth-order valence-corrected chi connectivity index (χ4v) is 3.90. The summed E-state index contributed by atoms with van der Waals surface area (Å²) in [5.41, 5.74) is 0.875. The molecule has 0 spiro atoms. The van der Waals surface area contributed by atoms with Gasteiger partial charge in [0.2, 0.25) is 11.8 Å². The summed E-state index contributed by atoms with van der Waals surface area (Å²) in [6.07, 6.45) is 7.31. The third-order valence-corrected chi connectivity index (χ3v) is 5.38. The number of carbonyl (C=O) groups excluding carboxylic acids is 2. The van der Waals surface area contributed by atoms with Crippen LogP contribution in [-0.4, -0.2) is 24.9 Å². The van der Waals surface area contributed by atoms with Crippen molar-refractivity contribution in [3.8, 4) is 0 Å². The van der Waals surface area contributed by atoms with E-state index in [0.717, 1.165) is 5.69 Å². The topological polar surface area (TPSA) is 49.4 Å². The number of carbonyl (C=O) groups is 2. The first-order valence-electron chi connectivity index (χ1n) is 8.94. The fraction of sp³-hybridized carbons (Fsp3) is 0.579. The Morgan fingerprint density at radius 3 is 2.54 bits per heavy atom. The lowest BCUT2D eigenvalue weighted by Gasteiger charge is -2.21. The molecule has 0 bridgehead atoms. The van der Waals surface area contributed by atoms with Crippen molar-refractivity contribution in [2.75, 3.05) is 18.0 Å². The Morgan fingerprint density at radius 2 is 1.83 bits per heavy atom. The quantitative estimate of drug-likeness (QED) is 0.880. The highest BCUT2D eigenvalue weighted by Gasteiger charge is 2.30. The second kappa shape index (κ2) is 8.02. The van der Waals surface area contributed by atoms with Crippen LogP contribution in [0.15, 0.2) is 24.3 Å². The number of amides is 2. The fourth-order valence-electron chi connectivity index (χ4n) is 3.77. The van der Waals surface area contributed by atoms with Gasteiger partial charge in [0.1, 0.15) is 0 Å². The molecule has 5 heteroatoms. The number of benzene rings is 1. The van der Waals surface area contributed by atoms with Crippen molar-refractivity contribution in [3.05, 3.63) is 29.3 Å². The lowest BCUT2D eigenvalue weighted by Crippen LogP contribution is -2.32. The molecule has 1 N–H and O–H groups in total. The van der Waals surface area contributed by atoms with Gasteiger partial charge in [-0.15, -0.1) is 0 Å². The van der Waals surface area contributed by atoms with E-state index in [4.69, 9.17) is 11.6 Å². The van der Waals surface area contributed by atoms with Gasteiger partial charge in [0, 0.05) is 42.6 Å². The van der Waals surface area contributed by atoms with E-state index in [1.165, 1.54) is 32.1 Å². The summed E-state index contributed by atoms with van der Waals surface area (Å²) in [6.45, 7) is 1.24. The first kappa shape index (κ1) is 17.3. The summed E-state index contributed by atoms with van der Waals surface area (Å²) in [6, 6.07) is 7.32. The lowest BCUT2D eigenvalue weighted by molar-refractivity contribution is -0.122. The lowest BCUT2D eigenvalue weighted by atomic mass is 9.87. The van der Waals surface area contributed by atoms with Crippen molar-refractivity contribution in [2.24, 2.45) is 11.8 Å². The average molecular weight is 349 g/mol. The van der Waals surface area contributed by atoms with Crippen LogP contribution in [0.3, 0.4) is 0 Å². The van der Waals surface area contributed by atoms with Gasteiger partial charge >= 0.3 is 0 Å². The summed E-state index contributed by atoms with van der Waals surface area (Å²) in [4.78, 5) is 26.1. The van der Waals surface area contributed by atoms with Gasteiger partial charge in [-0.25, -0.2) is 0 Å². The van der Waals surface area contributed by atoms with Crippen LogP contribution < -0.4 is 10.2 Å². The van der Waals surface area contributed by atoms with E-state index in [9.17, 15) is 9.59 Å². The molecule has 4 nitrogen and oxygen atoms in total. The summed E-state index contributed by atoms with van der Waals surface area (Å²) >= 11 is 5.90. The standard InChI is InChI=1S/C19H25ClN2O2/c20-16-6-8-17(9-7-16)22-13-15(11-19(22)24)12-21-18(23)10-14-4-2-1-3-5-14/h6-9,14-15H,1-5,10-13H2,(H,21,23). The molecule has 1 aliphatic carbocycles. The van der Waals surface area contributed by atoms with Crippen LogP contribution >= 0.6 is 11.6 Å². The minimum Gasteiger partial charge on any atom is -0.356 e. The molecule has 0 aromatic heterocycles. The highest BCUT2D eigenvalue weighted by Crippen LogP contribution is 2.27. The number of nitrogens with zero attached hydrogens (tertiary/aromatic N) is 1. The van der Waals surface area contributed by atoms with Crippen molar-refractivity contribution < 1.29 is 9.59 Å². The number of nitrogens with one attached hydrogen (secondary N) is 1. The molecule has 1 aromatic rings. The minimum atomic E-state index is 0.115. The van der Waals surface area contributed by atoms with Crippen molar-refractivity contribution in [1.82, 2.24) is 5.32 Å². The Labute approximate surface area is 148 Å². The first-order valence-corrected chi connectivity index (χ1v) is 9.32. The number of hydrogen-bond acceptors (Lipinski definition) is 2. The molecule has 2 aliphatic rings. The molecule has 1 aromatic carbocycles. The summed E-state index contributed by atoms with van der Waals surface area (Å²) < 4.78 is 0. The highest BCUT2D eigenvalue weighted by atomic mass is 35.5. The Bertz CT molecular complexity index is 582. The van der Waals surface area contributed by atoms with Crippen LogP contribution in [0.2, 0.25) is 5.02 Å². The van der Waals surface area contributed by atoms with Gasteiger partial charge in [-0.05, 0) is 43.0 Å². The van der Waals surface area contributed by atoms with Crippen molar-refractivity contribution in [2.45, 2.75) is 44.9 Å². The van der Waals surface area contributed by atoms with Crippen molar-refractivity contribution in [3.63, 3.8) is 0 Å². The van der Waals surface area contributed by atoms with E-state index in [0.29, 0.717) is 36.9 Å². The molecule has 3 rings (SSSR count). The molecule has 130 valence electrons. The molecule has 1 aliphatic heterocycles. The highest BCUT2D eigenvalue weighted by molar-refractivity contribution is 6.30. The molecule has 24 heavy (non-hydrogen) atoms. The first-order chi connectivity index (χ1) is 11.6. The second-order valence-corrected chi connectivity index (χ2v) is 7.50. The number of rotatable bonds is 5. The predicted molar refractivity (Wildman–Crippen MR) is 96.1 cm³/mol. The molecule has 0 radical (unpaired) electrons. The van der Waals surface area contributed by atoms with E-state index in [-0.39, 0.29) is 17.7 Å². The van der Waals surface area contributed by atoms with E-state index in [1.54, 1.807) is 17.0 Å². The Kier molecular flexibility index (Phi) is 5.77. The molecule has 1 heterocycles. The van der Waals surface area contributed by atoms with Gasteiger partial charge < -0.3 is 10.2 Å². The number of halogens is 1. The predicted octanol–water partition coefficient (Wildman–Crippen LogP) is 3.78. The molecule has 1 atom stereocenters. The summed E-state index contributed by atoms with van der Waals surface area (Å²) in [5.74, 6) is 0.987. The van der Waals surface area contributed by atoms with E-state index in [2.05, 4.69) is 5.32 Å². The molecule has 1 saturated carbocycles. The van der Waals surface area contributed by atoms with Gasteiger partial charge in [0.15, 0.2) is 0 Å². The number of anilines is 1. The smallest absolute Gasteiger partial charge is 0.227 e. The maximum absolute atomic E-state index is 12.2. The third-order valence-electron chi connectivity index (χ3n) is 5.13. The van der Waals surface area contributed by atoms with E-state index < -0.39 is 0 Å². The van der Waals surface area contributed by atoms with Crippen LogP contribution in [-0.2, 0) is 9.59 Å². The van der Waals surface area contributed by atoms with Crippen LogP contribution in [0, 0.1) is 11.8 Å². The Hall–Kier alpha value is -1.55. The van der Waals surface area contributed by atoms with Crippen LogP contribution in [0.5, 0.6) is 0 Å². The van der Waals surface area contributed by atoms with E-state index >= 15 is 0 Å². The molecular weight excluding hydrogens is 324 g/mol. The van der Waals surface area contributed by atoms with E-state index in [1.807, 2.05) is 12.1 Å². The van der Waals surface area contributed by atoms with Gasteiger partial charge in [-0.1, -0.05) is 30.9 Å². The Balaban J connectivity index is 1.45. The van der Waals surface area contributed by atoms with Gasteiger partial charge in [0.25, 0.3) is 0 Å². The molecule has 1 unspecified atom stereocenters. The SMILES string of the molecule is O=C(CC1CCCCC1)NCC1CC(=O)N(c2ccc(Cl)cc2)C1. The van der Waals surface area contributed by atoms with Crippen molar-refractivity contribution >= 4 is 29.1 Å². The zero-order valence-electron chi connectivity index (χ0n) is 14.0. The zero-order valence-corrected chi connectivity index (χ0v) is 14.7. The second-order valence-electron chi connectivity index (χ2n) is 7.06. The molecule has 1 saturated heterocycles. The molecule has 2 fully saturated rings. The largest absolute Gasteiger partial charge is 0.356 e. The number of hydrogen-bond donors (Lipinski definition) is 1. The molecular formula is C19H25ClN2O2. The van der Waals surface area contributed by atoms with Gasteiger partial charge in [0.05, 0.1) is 0 Å². The monoisotopic (exact) mass is 348 g/mol. The summed E-state index contributed by atoms with van der Waals surface area (Å²) in [5, 5.41) is 3.70. The van der Waals surface area contributed by atoms with Crippen LogP contribution in [0.1, 0.15) is 44.9 Å². The third kappa shape index (κ3) is 4.50. The van der Waals surface area contributed by atoms with Crippen LogP contribution in [0.4, 0.5) is 5.69 Å². The average Bonchev–Trinajstić information content (AvgIpc) is 2.95. The molecule has 2 amide bonds. The van der Waals surface area contributed by atoms with Gasteiger partial charge in [-0.2, -0.15) is 0 Å². The van der Waals surface area contributed by atoms with Crippen LogP contribution in [0.25, 0.3) is 0 Å². The zero-order chi connectivity index (χ0) is 16.9. The normalized spacial score (nSPS) is 22.0. The maximum Gasteiger partial charge on any atom is 0.227 e. The summed E-state index contributed by atoms with van der Waals surface area (Å²) in [7, 11) is 0. The minimum absolute atomic E-state index is 0.115.